The molecule has 1 aliphatic rings. The second-order valence-corrected chi connectivity index (χ2v) is 6.66. The highest BCUT2D eigenvalue weighted by Gasteiger charge is 2.24. The van der Waals surface area contributed by atoms with Crippen molar-refractivity contribution < 1.29 is 14.3 Å². The first-order valence-corrected chi connectivity index (χ1v) is 8.54. The van der Waals surface area contributed by atoms with E-state index in [1.807, 2.05) is 48.4 Å². The van der Waals surface area contributed by atoms with Gasteiger partial charge in [-0.25, -0.2) is 4.98 Å². The number of hydrogen-bond acceptors (Lipinski definition) is 5. The van der Waals surface area contributed by atoms with Gasteiger partial charge in [0.25, 0.3) is 5.91 Å². The molecule has 1 fully saturated rings. The van der Waals surface area contributed by atoms with Crippen LogP contribution in [0.15, 0.2) is 29.6 Å². The maximum Gasteiger partial charge on any atom is 0.254 e. The molecular formula is C17H20N2O3S. The third-order valence-corrected chi connectivity index (χ3v) is 4.61. The van der Waals surface area contributed by atoms with E-state index in [1.165, 1.54) is 0 Å². The molecule has 6 heteroatoms. The molecule has 2 aromatic rings. The Morgan fingerprint density at radius 1 is 1.43 bits per heavy atom. The van der Waals surface area contributed by atoms with Crippen LogP contribution in [0, 0.1) is 6.92 Å². The lowest BCUT2D eigenvalue weighted by atomic mass is 10.1. The Bertz CT molecular complexity index is 669. The van der Waals surface area contributed by atoms with Crippen LogP contribution in [0.4, 0.5) is 0 Å². The minimum atomic E-state index is 0.0440. The number of morpholine rings is 1. The van der Waals surface area contributed by atoms with Crippen LogP contribution in [0.25, 0.3) is 0 Å². The summed E-state index contributed by atoms with van der Waals surface area (Å²) in [6.45, 7) is 6.26. The van der Waals surface area contributed by atoms with Gasteiger partial charge < -0.3 is 14.4 Å². The molecule has 0 radical (unpaired) electrons. The minimum Gasteiger partial charge on any atom is -0.487 e. The molecule has 0 unspecified atom stereocenters. The van der Waals surface area contributed by atoms with E-state index in [4.69, 9.17) is 9.47 Å². The summed E-state index contributed by atoms with van der Waals surface area (Å²) in [6, 6.07) is 7.40. The highest BCUT2D eigenvalue weighted by Crippen LogP contribution is 2.18. The molecule has 0 spiro atoms. The van der Waals surface area contributed by atoms with Gasteiger partial charge in [0, 0.05) is 17.5 Å². The zero-order valence-corrected chi connectivity index (χ0v) is 14.1. The number of ether oxygens (including phenoxy) is 2. The van der Waals surface area contributed by atoms with Crippen LogP contribution in [-0.4, -0.2) is 41.6 Å². The summed E-state index contributed by atoms with van der Waals surface area (Å²) in [7, 11) is 0. The van der Waals surface area contributed by atoms with Crippen molar-refractivity contribution in [3.63, 3.8) is 0 Å². The topological polar surface area (TPSA) is 51.7 Å². The molecule has 1 amide bonds. The molecular weight excluding hydrogens is 312 g/mol. The smallest absolute Gasteiger partial charge is 0.254 e. The Morgan fingerprint density at radius 2 is 2.22 bits per heavy atom. The largest absolute Gasteiger partial charge is 0.487 e. The lowest BCUT2D eigenvalue weighted by Gasteiger charge is -2.33. The fraction of sp³-hybridized carbons (Fsp3) is 0.412. The maximum atomic E-state index is 12.5. The van der Waals surface area contributed by atoms with Crippen LogP contribution in [0.2, 0.25) is 0 Å². The van der Waals surface area contributed by atoms with Crippen molar-refractivity contribution in [1.82, 2.24) is 9.88 Å². The Morgan fingerprint density at radius 3 is 2.87 bits per heavy atom. The number of nitrogens with zero attached hydrogens (tertiary/aromatic N) is 2. The van der Waals surface area contributed by atoms with Crippen LogP contribution in [0.5, 0.6) is 5.75 Å². The average molecular weight is 332 g/mol. The predicted molar refractivity (Wildman–Crippen MR) is 88.9 cm³/mol. The summed E-state index contributed by atoms with van der Waals surface area (Å²) >= 11 is 1.61. The van der Waals surface area contributed by atoms with Crippen LogP contribution >= 0.6 is 11.3 Å². The molecule has 23 heavy (non-hydrogen) atoms. The van der Waals surface area contributed by atoms with Gasteiger partial charge in [-0.1, -0.05) is 0 Å². The van der Waals surface area contributed by atoms with E-state index in [0.29, 0.717) is 31.9 Å². The molecule has 0 bridgehead atoms. The van der Waals surface area contributed by atoms with Crippen molar-refractivity contribution >= 4 is 17.2 Å². The molecule has 122 valence electrons. The Hall–Kier alpha value is -1.92. The Kier molecular flexibility index (Phi) is 4.93. The van der Waals surface area contributed by atoms with Crippen molar-refractivity contribution in [3.05, 3.63) is 45.9 Å². The monoisotopic (exact) mass is 332 g/mol. The summed E-state index contributed by atoms with van der Waals surface area (Å²) in [4.78, 5) is 18.7. The molecule has 1 aromatic heterocycles. The number of carbonyl (C=O) groups excluding carboxylic acids is 1. The molecule has 1 atom stereocenters. The normalized spacial score (nSPS) is 18.0. The average Bonchev–Trinajstić information content (AvgIpc) is 2.99. The first-order chi connectivity index (χ1) is 11.1. The molecule has 2 heterocycles. The molecule has 0 aliphatic carbocycles. The van der Waals surface area contributed by atoms with Crippen LogP contribution in [0.3, 0.4) is 0 Å². The zero-order valence-electron chi connectivity index (χ0n) is 13.3. The van der Waals surface area contributed by atoms with Gasteiger partial charge in [-0.3, -0.25) is 4.79 Å². The fourth-order valence-electron chi connectivity index (χ4n) is 2.52. The first kappa shape index (κ1) is 16.0. The molecule has 3 rings (SSSR count). The predicted octanol–water partition coefficient (Wildman–Crippen LogP) is 2.89. The molecule has 1 aliphatic heterocycles. The molecule has 1 aromatic carbocycles. The van der Waals surface area contributed by atoms with E-state index in [-0.39, 0.29) is 11.9 Å². The van der Waals surface area contributed by atoms with Gasteiger partial charge in [0.1, 0.15) is 12.4 Å². The summed E-state index contributed by atoms with van der Waals surface area (Å²) in [5.74, 6) is 0.782. The van der Waals surface area contributed by atoms with Crippen LogP contribution in [0.1, 0.15) is 28.0 Å². The van der Waals surface area contributed by atoms with Crippen molar-refractivity contribution in [3.8, 4) is 5.75 Å². The van der Waals surface area contributed by atoms with E-state index in [2.05, 4.69) is 4.98 Å². The SMILES string of the molecule is Cc1nc(COc2ccc(C(=O)N3CCOC[C@H]3C)cc2)cs1. The van der Waals surface area contributed by atoms with E-state index in [0.717, 1.165) is 16.5 Å². The Labute approximate surface area is 139 Å². The van der Waals surface area contributed by atoms with Gasteiger partial charge in [0.2, 0.25) is 0 Å². The number of benzene rings is 1. The number of thiazole rings is 1. The number of amides is 1. The van der Waals surface area contributed by atoms with E-state index in [1.54, 1.807) is 11.3 Å². The minimum absolute atomic E-state index is 0.0440. The van der Waals surface area contributed by atoms with Crippen molar-refractivity contribution in [2.45, 2.75) is 26.5 Å². The van der Waals surface area contributed by atoms with Crippen LogP contribution < -0.4 is 4.74 Å². The van der Waals surface area contributed by atoms with E-state index in [9.17, 15) is 4.79 Å². The quantitative estimate of drug-likeness (QED) is 0.864. The summed E-state index contributed by atoms with van der Waals surface area (Å²) in [6.07, 6.45) is 0. The standard InChI is InChI=1S/C17H20N2O3S/c1-12-9-21-8-7-19(12)17(20)14-3-5-16(6-4-14)22-10-15-11-23-13(2)18-15/h3-6,11-12H,7-10H2,1-2H3/t12-/m1/s1. The first-order valence-electron chi connectivity index (χ1n) is 7.66. The lowest BCUT2D eigenvalue weighted by molar-refractivity contribution is 0.00359. The highest BCUT2D eigenvalue weighted by atomic mass is 32.1. The van der Waals surface area contributed by atoms with Gasteiger partial charge >= 0.3 is 0 Å². The van der Waals surface area contributed by atoms with Gasteiger partial charge in [-0.15, -0.1) is 11.3 Å². The van der Waals surface area contributed by atoms with Gasteiger partial charge in [0.05, 0.1) is 30.0 Å². The molecule has 1 saturated heterocycles. The van der Waals surface area contributed by atoms with E-state index < -0.39 is 0 Å². The molecule has 5 nitrogen and oxygen atoms in total. The Balaban J connectivity index is 1.61. The van der Waals surface area contributed by atoms with Gasteiger partial charge in [-0.05, 0) is 38.1 Å². The summed E-state index contributed by atoms with van der Waals surface area (Å²) < 4.78 is 11.1. The van der Waals surface area contributed by atoms with Crippen molar-refractivity contribution in [1.29, 1.82) is 0 Å². The van der Waals surface area contributed by atoms with Crippen LogP contribution in [-0.2, 0) is 11.3 Å². The lowest BCUT2D eigenvalue weighted by Crippen LogP contribution is -2.47. The summed E-state index contributed by atoms with van der Waals surface area (Å²) in [5, 5.41) is 3.02. The highest BCUT2D eigenvalue weighted by molar-refractivity contribution is 7.09. The molecule has 0 saturated carbocycles. The third kappa shape index (κ3) is 3.89. The van der Waals surface area contributed by atoms with Gasteiger partial charge in [-0.2, -0.15) is 0 Å². The van der Waals surface area contributed by atoms with Gasteiger partial charge in [0.15, 0.2) is 0 Å². The number of aromatic nitrogens is 1. The fourth-order valence-corrected chi connectivity index (χ4v) is 3.12. The third-order valence-electron chi connectivity index (χ3n) is 3.78. The second-order valence-electron chi connectivity index (χ2n) is 5.59. The number of carbonyl (C=O) groups is 1. The molecule has 0 N–H and O–H groups in total. The number of rotatable bonds is 4. The summed E-state index contributed by atoms with van der Waals surface area (Å²) in [5.41, 5.74) is 1.60. The van der Waals surface area contributed by atoms with Crippen molar-refractivity contribution in [2.75, 3.05) is 19.8 Å². The zero-order chi connectivity index (χ0) is 16.2. The number of aryl methyl sites for hydroxylation is 1. The second kappa shape index (κ2) is 7.10. The van der Waals surface area contributed by atoms with E-state index >= 15 is 0 Å². The van der Waals surface area contributed by atoms with Crippen molar-refractivity contribution in [2.24, 2.45) is 0 Å². The maximum absolute atomic E-state index is 12.5. The number of hydrogen-bond donors (Lipinski definition) is 0.